The van der Waals surface area contributed by atoms with E-state index in [-0.39, 0.29) is 11.5 Å². The second kappa shape index (κ2) is 10.5. The van der Waals surface area contributed by atoms with Gasteiger partial charge in [-0.2, -0.15) is 13.2 Å². The molecule has 1 heterocycles. The van der Waals surface area contributed by atoms with Crippen molar-refractivity contribution in [2.75, 3.05) is 20.1 Å². The highest BCUT2D eigenvalue weighted by molar-refractivity contribution is 8.15. The molecule has 0 saturated carbocycles. The summed E-state index contributed by atoms with van der Waals surface area (Å²) in [5.41, 5.74) is -0.563. The van der Waals surface area contributed by atoms with Crippen LogP contribution in [0, 0.1) is 5.92 Å². The summed E-state index contributed by atoms with van der Waals surface area (Å²) in [6, 6.07) is 4.80. The lowest BCUT2D eigenvalue weighted by Crippen LogP contribution is -2.40. The van der Waals surface area contributed by atoms with Crippen LogP contribution in [0.25, 0.3) is 0 Å². The minimum absolute atomic E-state index is 0.0590. The zero-order valence-corrected chi connectivity index (χ0v) is 19.1. The van der Waals surface area contributed by atoms with Crippen LogP contribution in [0.15, 0.2) is 29.3 Å². The lowest BCUT2D eigenvalue weighted by molar-refractivity contribution is -0.138. The van der Waals surface area contributed by atoms with Gasteiger partial charge in [-0.25, -0.2) is 0 Å². The average molecular weight is 458 g/mol. The van der Waals surface area contributed by atoms with Crippen LogP contribution in [0.4, 0.5) is 13.2 Å². The predicted molar refractivity (Wildman–Crippen MR) is 118 cm³/mol. The van der Waals surface area contributed by atoms with Gasteiger partial charge in [0.1, 0.15) is 6.29 Å². The van der Waals surface area contributed by atoms with Crippen molar-refractivity contribution in [1.29, 1.82) is 0 Å². The largest absolute Gasteiger partial charge is 0.416 e. The van der Waals surface area contributed by atoms with Crippen molar-refractivity contribution >= 4 is 29.1 Å². The van der Waals surface area contributed by atoms with E-state index < -0.39 is 22.5 Å². The number of piperidine rings is 1. The molecule has 9 heteroatoms. The van der Waals surface area contributed by atoms with Crippen molar-refractivity contribution in [2.24, 2.45) is 10.9 Å². The van der Waals surface area contributed by atoms with Gasteiger partial charge in [-0.15, -0.1) is 0 Å². The highest BCUT2D eigenvalue weighted by atomic mass is 32.2. The van der Waals surface area contributed by atoms with Gasteiger partial charge in [0.05, 0.1) is 16.4 Å². The number of likely N-dealkylation sites (tertiary alicyclic amines) is 1. The number of rotatable bonds is 6. The molecule has 0 bridgehead atoms. The maximum Gasteiger partial charge on any atom is 0.416 e. The maximum absolute atomic E-state index is 13.4. The summed E-state index contributed by atoms with van der Waals surface area (Å²) >= 11 is 1.24. The van der Waals surface area contributed by atoms with Crippen molar-refractivity contribution in [3.05, 3.63) is 35.4 Å². The Morgan fingerprint density at radius 3 is 2.45 bits per heavy atom. The number of carbonyl (C=O) groups excluding carboxylic acids is 2. The first-order chi connectivity index (χ1) is 14.5. The maximum atomic E-state index is 13.4. The Labute approximate surface area is 185 Å². The molecule has 1 aliphatic heterocycles. The van der Waals surface area contributed by atoms with Crippen molar-refractivity contribution in [3.8, 4) is 0 Å². The summed E-state index contributed by atoms with van der Waals surface area (Å²) < 4.78 is 39.3. The van der Waals surface area contributed by atoms with Gasteiger partial charge in [-0.05, 0) is 50.7 Å². The Kier molecular flexibility index (Phi) is 8.57. The number of hydrogen-bond acceptors (Lipinski definition) is 4. The van der Waals surface area contributed by atoms with E-state index in [0.717, 1.165) is 25.2 Å². The fourth-order valence-corrected chi connectivity index (χ4v) is 5.03. The summed E-state index contributed by atoms with van der Waals surface area (Å²) in [6.45, 7) is 6.38. The number of thioether (sulfide) groups is 1. The van der Waals surface area contributed by atoms with Crippen LogP contribution in [0.5, 0.6) is 0 Å². The fourth-order valence-electron chi connectivity index (χ4n) is 3.90. The van der Waals surface area contributed by atoms with Gasteiger partial charge < -0.3 is 15.0 Å². The van der Waals surface area contributed by atoms with Crippen LogP contribution in [0.1, 0.15) is 57.2 Å². The fraction of sp³-hybridized carbons (Fsp3) is 0.591. The highest BCUT2D eigenvalue weighted by Gasteiger charge is 2.36. The number of benzene rings is 1. The molecule has 5 nitrogen and oxygen atoms in total. The Morgan fingerprint density at radius 2 is 1.94 bits per heavy atom. The second-order valence-electron chi connectivity index (χ2n) is 8.17. The number of hydrogen-bond donors (Lipinski definition) is 1. The summed E-state index contributed by atoms with van der Waals surface area (Å²) in [5.74, 6) is 0.350. The van der Waals surface area contributed by atoms with E-state index in [4.69, 9.17) is 0 Å². The van der Waals surface area contributed by atoms with Crippen molar-refractivity contribution < 1.29 is 22.8 Å². The van der Waals surface area contributed by atoms with Gasteiger partial charge in [-0.1, -0.05) is 30.0 Å². The zero-order chi connectivity index (χ0) is 23.2. The molecule has 1 aromatic carbocycles. The van der Waals surface area contributed by atoms with Gasteiger partial charge in [0.25, 0.3) is 0 Å². The third kappa shape index (κ3) is 6.98. The molecule has 0 spiro atoms. The van der Waals surface area contributed by atoms with Crippen LogP contribution in [-0.4, -0.2) is 47.1 Å². The molecule has 1 saturated heterocycles. The molecule has 2 unspecified atom stereocenters. The lowest BCUT2D eigenvalue weighted by atomic mass is 9.88. The van der Waals surface area contributed by atoms with Crippen LogP contribution in [0.3, 0.4) is 0 Å². The Balaban J connectivity index is 2.06. The number of amidine groups is 1. The van der Waals surface area contributed by atoms with E-state index in [1.807, 2.05) is 11.8 Å². The topological polar surface area (TPSA) is 61.8 Å². The van der Waals surface area contributed by atoms with E-state index in [1.54, 1.807) is 27.0 Å². The molecule has 0 aromatic heterocycles. The smallest absolute Gasteiger partial charge is 0.358 e. The van der Waals surface area contributed by atoms with Gasteiger partial charge in [0, 0.05) is 27.1 Å². The first kappa shape index (κ1) is 25.2. The lowest BCUT2D eigenvalue weighted by Gasteiger charge is -2.35. The Bertz CT molecular complexity index is 807. The molecule has 31 heavy (non-hydrogen) atoms. The number of aldehydes is 1. The number of halogens is 3. The van der Waals surface area contributed by atoms with Crippen LogP contribution in [0.2, 0.25) is 0 Å². The van der Waals surface area contributed by atoms with Crippen molar-refractivity contribution in [3.63, 3.8) is 0 Å². The number of amides is 1. The quantitative estimate of drug-likeness (QED) is 0.383. The minimum atomic E-state index is -4.45. The zero-order valence-electron chi connectivity index (χ0n) is 18.3. The number of alkyl halides is 3. The van der Waals surface area contributed by atoms with Gasteiger partial charge in [0.15, 0.2) is 5.17 Å². The number of nitrogens with zero attached hydrogens (tertiary/aromatic N) is 2. The summed E-state index contributed by atoms with van der Waals surface area (Å²) in [7, 11) is 1.55. The van der Waals surface area contributed by atoms with Crippen molar-refractivity contribution in [2.45, 2.75) is 57.0 Å². The predicted octanol–water partition coefficient (Wildman–Crippen LogP) is 4.68. The van der Waals surface area contributed by atoms with Gasteiger partial charge in [-0.3, -0.25) is 9.79 Å². The monoisotopic (exact) mass is 457 g/mol. The second-order valence-corrected chi connectivity index (χ2v) is 9.69. The van der Waals surface area contributed by atoms with Crippen LogP contribution in [-0.2, 0) is 15.8 Å². The molecule has 2 atom stereocenters. The first-order valence-corrected chi connectivity index (χ1v) is 11.1. The molecule has 172 valence electrons. The van der Waals surface area contributed by atoms with Gasteiger partial charge in [0.2, 0.25) is 5.91 Å². The molecule has 0 radical (unpaired) electrons. The minimum Gasteiger partial charge on any atom is -0.358 e. The SMILES string of the molecule is CN=C(NC(C)c1ccccc1C(F)(F)F)SC(C)(C=O)CC1CCN(C(C)=O)CC1. The van der Waals surface area contributed by atoms with E-state index in [2.05, 4.69) is 10.3 Å². The number of aliphatic imine (C=N–C) groups is 1. The summed E-state index contributed by atoms with van der Waals surface area (Å²) in [4.78, 5) is 29.4. The highest BCUT2D eigenvalue weighted by Crippen LogP contribution is 2.37. The van der Waals surface area contributed by atoms with Crippen LogP contribution >= 0.6 is 11.8 Å². The number of nitrogens with one attached hydrogen (secondary N) is 1. The van der Waals surface area contributed by atoms with E-state index >= 15 is 0 Å². The third-order valence-electron chi connectivity index (χ3n) is 5.61. The average Bonchev–Trinajstić information content (AvgIpc) is 2.73. The van der Waals surface area contributed by atoms with Gasteiger partial charge >= 0.3 is 6.18 Å². The molecule has 1 amide bonds. The Hall–Kier alpha value is -2.03. The summed E-state index contributed by atoms with van der Waals surface area (Å²) in [5, 5.41) is 3.46. The molecule has 2 rings (SSSR count). The third-order valence-corrected chi connectivity index (χ3v) is 6.83. The Morgan fingerprint density at radius 1 is 1.32 bits per heavy atom. The molecule has 1 aliphatic rings. The normalized spacial score (nSPS) is 18.9. The number of carbonyl (C=O) groups is 2. The van der Waals surface area contributed by atoms with E-state index in [1.165, 1.54) is 23.9 Å². The molecule has 0 aliphatic carbocycles. The molecule has 1 aromatic rings. The van der Waals surface area contributed by atoms with Crippen LogP contribution < -0.4 is 5.32 Å². The summed E-state index contributed by atoms with van der Waals surface area (Å²) in [6.07, 6.45) is -1.30. The molecular weight excluding hydrogens is 427 g/mol. The molecular formula is C22H30F3N3O2S. The van der Waals surface area contributed by atoms with E-state index in [9.17, 15) is 22.8 Å². The first-order valence-electron chi connectivity index (χ1n) is 10.3. The molecule has 1 fully saturated rings. The van der Waals surface area contributed by atoms with E-state index in [0.29, 0.717) is 30.6 Å². The standard InChI is InChI=1S/C22H30F3N3O2S/c1-15(18-7-5-6-8-19(18)22(23,24)25)27-20(26-4)31-21(3,14-29)13-17-9-11-28(12-10-17)16(2)30/h5-8,14-15,17H,9-13H2,1-4H3,(H,26,27). The molecule has 1 N–H and O–H groups in total. The van der Waals surface area contributed by atoms with Crippen molar-refractivity contribution in [1.82, 2.24) is 10.2 Å².